The molecule has 0 aliphatic carbocycles. The number of rotatable bonds is 3. The summed E-state index contributed by atoms with van der Waals surface area (Å²) in [6.45, 7) is 4.74. The zero-order valence-electron chi connectivity index (χ0n) is 11.6. The molecule has 1 aromatic carbocycles. The second-order valence-electron chi connectivity index (χ2n) is 5.21. The van der Waals surface area contributed by atoms with Gasteiger partial charge in [0.2, 0.25) is 0 Å². The summed E-state index contributed by atoms with van der Waals surface area (Å²) in [5.74, 6) is 0.708. The Morgan fingerprint density at radius 1 is 1.47 bits per heavy atom. The van der Waals surface area contributed by atoms with Crippen molar-refractivity contribution in [2.75, 3.05) is 12.3 Å². The first-order valence-corrected chi connectivity index (χ1v) is 6.90. The van der Waals surface area contributed by atoms with Crippen molar-refractivity contribution in [2.45, 2.75) is 45.3 Å². The summed E-state index contributed by atoms with van der Waals surface area (Å²) in [7, 11) is 0. The fourth-order valence-electron chi connectivity index (χ4n) is 2.50. The Labute approximate surface area is 114 Å². The summed E-state index contributed by atoms with van der Waals surface area (Å²) in [5.41, 5.74) is 6.34. The number of benzene rings is 1. The van der Waals surface area contributed by atoms with Crippen molar-refractivity contribution >= 4 is 11.6 Å². The Morgan fingerprint density at radius 2 is 2.26 bits per heavy atom. The summed E-state index contributed by atoms with van der Waals surface area (Å²) in [4.78, 5) is 14.3. The van der Waals surface area contributed by atoms with E-state index in [1.54, 1.807) is 19.1 Å². The Hall–Kier alpha value is -1.71. The molecule has 0 spiro atoms. The van der Waals surface area contributed by atoms with E-state index in [2.05, 4.69) is 6.92 Å². The van der Waals surface area contributed by atoms with Gasteiger partial charge in [-0.15, -0.1) is 0 Å². The largest absolute Gasteiger partial charge is 0.481 e. The van der Waals surface area contributed by atoms with Gasteiger partial charge in [-0.25, -0.2) is 0 Å². The SMILES string of the molecule is C[C@@H]1CCCCN1C(=O)[C@@H](C)Oc1cccc(N)c1. The van der Waals surface area contributed by atoms with Gasteiger partial charge in [-0.1, -0.05) is 6.07 Å². The number of nitrogen functional groups attached to an aromatic ring is 1. The summed E-state index contributed by atoms with van der Waals surface area (Å²) < 4.78 is 5.69. The third-order valence-corrected chi connectivity index (χ3v) is 3.60. The molecule has 0 bridgehead atoms. The average molecular weight is 262 g/mol. The van der Waals surface area contributed by atoms with Crippen molar-refractivity contribution < 1.29 is 9.53 Å². The first kappa shape index (κ1) is 13.7. The molecule has 2 atom stereocenters. The highest BCUT2D eigenvalue weighted by molar-refractivity contribution is 5.81. The minimum atomic E-state index is -0.470. The van der Waals surface area contributed by atoms with Gasteiger partial charge in [-0.2, -0.15) is 0 Å². The van der Waals surface area contributed by atoms with Gasteiger partial charge < -0.3 is 15.4 Å². The fourth-order valence-corrected chi connectivity index (χ4v) is 2.50. The number of amides is 1. The maximum Gasteiger partial charge on any atom is 0.263 e. The Balaban J connectivity index is 1.99. The first-order valence-electron chi connectivity index (χ1n) is 6.90. The van der Waals surface area contributed by atoms with E-state index in [9.17, 15) is 4.79 Å². The smallest absolute Gasteiger partial charge is 0.263 e. The van der Waals surface area contributed by atoms with Crippen LogP contribution in [0.2, 0.25) is 0 Å². The van der Waals surface area contributed by atoms with Crippen LogP contribution in [0.3, 0.4) is 0 Å². The van der Waals surface area contributed by atoms with Gasteiger partial charge in [0, 0.05) is 24.3 Å². The molecule has 4 heteroatoms. The van der Waals surface area contributed by atoms with Crippen molar-refractivity contribution in [2.24, 2.45) is 0 Å². The van der Waals surface area contributed by atoms with Gasteiger partial charge in [0.15, 0.2) is 6.10 Å². The van der Waals surface area contributed by atoms with Gasteiger partial charge >= 0.3 is 0 Å². The van der Waals surface area contributed by atoms with Gasteiger partial charge in [0.05, 0.1) is 0 Å². The highest BCUT2D eigenvalue weighted by Crippen LogP contribution is 2.20. The van der Waals surface area contributed by atoms with Gasteiger partial charge in [0.1, 0.15) is 5.75 Å². The number of hydrogen-bond acceptors (Lipinski definition) is 3. The Morgan fingerprint density at radius 3 is 2.95 bits per heavy atom. The molecule has 1 aliphatic rings. The van der Waals surface area contributed by atoms with Crippen LogP contribution in [-0.4, -0.2) is 29.5 Å². The van der Waals surface area contributed by atoms with E-state index < -0.39 is 6.10 Å². The standard InChI is InChI=1S/C15H22N2O2/c1-11-6-3-4-9-17(11)15(18)12(2)19-14-8-5-7-13(16)10-14/h5,7-8,10-12H,3-4,6,9,16H2,1-2H3/t11-,12-/m1/s1. The zero-order chi connectivity index (χ0) is 13.8. The molecule has 19 heavy (non-hydrogen) atoms. The highest BCUT2D eigenvalue weighted by atomic mass is 16.5. The van der Waals surface area contributed by atoms with Gasteiger partial charge in [-0.3, -0.25) is 4.79 Å². The molecule has 1 saturated heterocycles. The topological polar surface area (TPSA) is 55.6 Å². The molecule has 0 aromatic heterocycles. The molecule has 104 valence electrons. The maximum atomic E-state index is 12.4. The van der Waals surface area contributed by atoms with Crippen LogP contribution >= 0.6 is 0 Å². The fraction of sp³-hybridized carbons (Fsp3) is 0.533. The highest BCUT2D eigenvalue weighted by Gasteiger charge is 2.27. The monoisotopic (exact) mass is 262 g/mol. The predicted octanol–water partition coefficient (Wildman–Crippen LogP) is 2.44. The number of anilines is 1. The number of hydrogen-bond donors (Lipinski definition) is 1. The van der Waals surface area contributed by atoms with Crippen molar-refractivity contribution in [1.82, 2.24) is 4.90 Å². The van der Waals surface area contributed by atoms with Crippen LogP contribution in [0.25, 0.3) is 0 Å². The summed E-state index contributed by atoms with van der Waals surface area (Å²) >= 11 is 0. The molecule has 0 unspecified atom stereocenters. The molecule has 1 heterocycles. The van der Waals surface area contributed by atoms with Crippen LogP contribution in [0, 0.1) is 0 Å². The predicted molar refractivity (Wildman–Crippen MR) is 76.0 cm³/mol. The summed E-state index contributed by atoms with van der Waals surface area (Å²) in [5, 5.41) is 0. The maximum absolute atomic E-state index is 12.4. The van der Waals surface area contributed by atoms with E-state index in [1.807, 2.05) is 17.0 Å². The molecule has 1 aliphatic heterocycles. The average Bonchev–Trinajstić information content (AvgIpc) is 2.38. The number of carbonyl (C=O) groups excluding carboxylic acids is 1. The minimum absolute atomic E-state index is 0.0645. The third-order valence-electron chi connectivity index (χ3n) is 3.60. The van der Waals surface area contributed by atoms with Crippen molar-refractivity contribution in [3.8, 4) is 5.75 Å². The van der Waals surface area contributed by atoms with E-state index in [0.717, 1.165) is 19.4 Å². The van der Waals surface area contributed by atoms with Crippen LogP contribution in [0.4, 0.5) is 5.69 Å². The number of piperidine rings is 1. The van der Waals surface area contributed by atoms with Crippen molar-refractivity contribution in [3.63, 3.8) is 0 Å². The van der Waals surface area contributed by atoms with Gasteiger partial charge in [0.25, 0.3) is 5.91 Å². The molecule has 1 aromatic rings. The number of ether oxygens (including phenoxy) is 1. The van der Waals surface area contributed by atoms with Crippen molar-refractivity contribution in [1.29, 1.82) is 0 Å². The number of carbonyl (C=O) groups is 1. The van der Waals surface area contributed by atoms with E-state index in [1.165, 1.54) is 6.42 Å². The molecule has 1 amide bonds. The molecule has 4 nitrogen and oxygen atoms in total. The van der Waals surface area contributed by atoms with E-state index in [0.29, 0.717) is 17.5 Å². The van der Waals surface area contributed by atoms with E-state index in [4.69, 9.17) is 10.5 Å². The van der Waals surface area contributed by atoms with E-state index >= 15 is 0 Å². The van der Waals surface area contributed by atoms with Gasteiger partial charge in [-0.05, 0) is 45.2 Å². The van der Waals surface area contributed by atoms with Crippen LogP contribution in [-0.2, 0) is 4.79 Å². The van der Waals surface area contributed by atoms with Crippen LogP contribution in [0.1, 0.15) is 33.1 Å². The second-order valence-corrected chi connectivity index (χ2v) is 5.21. The minimum Gasteiger partial charge on any atom is -0.481 e. The van der Waals surface area contributed by atoms with E-state index in [-0.39, 0.29) is 5.91 Å². The normalized spacial score (nSPS) is 20.9. The number of nitrogens with zero attached hydrogens (tertiary/aromatic N) is 1. The molecule has 2 rings (SSSR count). The summed E-state index contributed by atoms with van der Waals surface area (Å²) in [6.07, 6.45) is 2.90. The zero-order valence-corrected chi connectivity index (χ0v) is 11.6. The van der Waals surface area contributed by atoms with Crippen molar-refractivity contribution in [3.05, 3.63) is 24.3 Å². The molecule has 0 radical (unpaired) electrons. The molecular formula is C15H22N2O2. The molecule has 0 saturated carbocycles. The second kappa shape index (κ2) is 5.95. The Kier molecular flexibility index (Phi) is 4.30. The number of likely N-dealkylation sites (tertiary alicyclic amines) is 1. The lowest BCUT2D eigenvalue weighted by molar-refractivity contribution is -0.141. The van der Waals surface area contributed by atoms with Crippen LogP contribution in [0.15, 0.2) is 24.3 Å². The van der Waals surface area contributed by atoms with Crippen LogP contribution < -0.4 is 10.5 Å². The molecule has 2 N–H and O–H groups in total. The summed E-state index contributed by atoms with van der Waals surface area (Å²) in [6, 6.07) is 7.49. The lowest BCUT2D eigenvalue weighted by atomic mass is 10.0. The number of nitrogens with two attached hydrogens (primary N) is 1. The van der Waals surface area contributed by atoms with Crippen LogP contribution in [0.5, 0.6) is 5.75 Å². The Bertz CT molecular complexity index is 448. The first-order chi connectivity index (χ1) is 9.08. The molecular weight excluding hydrogens is 240 g/mol. The lowest BCUT2D eigenvalue weighted by Crippen LogP contribution is -2.47. The molecule has 1 fully saturated rings. The third kappa shape index (κ3) is 3.40. The lowest BCUT2D eigenvalue weighted by Gasteiger charge is -2.35. The quantitative estimate of drug-likeness (QED) is 0.851.